The Morgan fingerprint density at radius 1 is 1.53 bits per heavy atom. The molecule has 1 saturated heterocycles. The lowest BCUT2D eigenvalue weighted by atomic mass is 10.1. The van der Waals surface area contributed by atoms with E-state index in [9.17, 15) is 4.79 Å². The second-order valence-electron chi connectivity index (χ2n) is 4.47. The van der Waals surface area contributed by atoms with Crippen molar-refractivity contribution in [3.05, 3.63) is 30.0 Å². The number of hydrogen-bond donors (Lipinski definition) is 2. The van der Waals surface area contributed by atoms with E-state index in [1.165, 1.54) is 0 Å². The topological polar surface area (TPSA) is 75.0 Å². The van der Waals surface area contributed by atoms with Crippen LogP contribution in [0.15, 0.2) is 24.4 Å². The number of aromatic nitrogens is 2. The van der Waals surface area contributed by atoms with Gasteiger partial charge >= 0.3 is 0 Å². The Morgan fingerprint density at radius 3 is 3.18 bits per heavy atom. The monoisotopic (exact) mass is 230 g/mol. The van der Waals surface area contributed by atoms with Gasteiger partial charge in [0.05, 0.1) is 11.7 Å². The molecule has 1 aromatic carbocycles. The number of fused-ring (bicyclic) bond motifs is 1. The molecule has 1 aliphatic heterocycles. The van der Waals surface area contributed by atoms with Gasteiger partial charge in [0, 0.05) is 30.1 Å². The van der Waals surface area contributed by atoms with Gasteiger partial charge < -0.3 is 10.6 Å². The minimum absolute atomic E-state index is 0.0504. The third-order valence-corrected chi connectivity index (χ3v) is 3.20. The SMILES string of the molecule is N[C@@H]1CCN(C(=O)c2ccc3cn[nH]c3c2)C1. The van der Waals surface area contributed by atoms with Gasteiger partial charge in [-0.1, -0.05) is 6.07 Å². The number of carbonyl (C=O) groups is 1. The summed E-state index contributed by atoms with van der Waals surface area (Å²) in [5.41, 5.74) is 7.38. The molecule has 3 rings (SSSR count). The van der Waals surface area contributed by atoms with Crippen LogP contribution < -0.4 is 5.73 Å². The third-order valence-electron chi connectivity index (χ3n) is 3.20. The lowest BCUT2D eigenvalue weighted by molar-refractivity contribution is 0.0791. The first-order chi connectivity index (χ1) is 8.24. The number of amides is 1. The average Bonchev–Trinajstić information content (AvgIpc) is 2.95. The van der Waals surface area contributed by atoms with Crippen LogP contribution in [-0.2, 0) is 0 Å². The fraction of sp³-hybridized carbons (Fsp3) is 0.333. The molecular formula is C12H14N4O. The van der Waals surface area contributed by atoms with E-state index in [2.05, 4.69) is 10.2 Å². The van der Waals surface area contributed by atoms with Crippen LogP contribution in [0.4, 0.5) is 0 Å². The smallest absolute Gasteiger partial charge is 0.253 e. The van der Waals surface area contributed by atoms with Crippen LogP contribution in [0.1, 0.15) is 16.8 Å². The van der Waals surface area contributed by atoms with E-state index >= 15 is 0 Å². The first-order valence-corrected chi connectivity index (χ1v) is 5.72. The molecule has 17 heavy (non-hydrogen) atoms. The Morgan fingerprint density at radius 2 is 2.41 bits per heavy atom. The minimum atomic E-state index is 0.0504. The number of nitrogens with zero attached hydrogens (tertiary/aromatic N) is 2. The van der Waals surface area contributed by atoms with E-state index in [4.69, 9.17) is 5.73 Å². The molecule has 1 aromatic heterocycles. The molecule has 0 aliphatic carbocycles. The van der Waals surface area contributed by atoms with Crippen LogP contribution in [0.3, 0.4) is 0 Å². The van der Waals surface area contributed by atoms with Crippen molar-refractivity contribution >= 4 is 16.8 Å². The van der Waals surface area contributed by atoms with Crippen molar-refractivity contribution in [2.24, 2.45) is 5.73 Å². The van der Waals surface area contributed by atoms with Gasteiger partial charge in [0.2, 0.25) is 0 Å². The predicted molar refractivity (Wildman–Crippen MR) is 64.6 cm³/mol. The highest BCUT2D eigenvalue weighted by Gasteiger charge is 2.24. The van der Waals surface area contributed by atoms with Gasteiger partial charge in [-0.2, -0.15) is 5.10 Å². The van der Waals surface area contributed by atoms with E-state index in [0.29, 0.717) is 12.1 Å². The van der Waals surface area contributed by atoms with E-state index in [-0.39, 0.29) is 11.9 Å². The summed E-state index contributed by atoms with van der Waals surface area (Å²) in [7, 11) is 0. The molecule has 88 valence electrons. The second kappa shape index (κ2) is 3.85. The molecule has 1 fully saturated rings. The van der Waals surface area contributed by atoms with Crippen molar-refractivity contribution < 1.29 is 4.79 Å². The molecule has 0 radical (unpaired) electrons. The summed E-state index contributed by atoms with van der Waals surface area (Å²) in [4.78, 5) is 14.0. The molecule has 2 aromatic rings. The number of H-pyrrole nitrogens is 1. The van der Waals surface area contributed by atoms with Crippen LogP contribution in [0.25, 0.3) is 10.9 Å². The summed E-state index contributed by atoms with van der Waals surface area (Å²) in [5.74, 6) is 0.0504. The van der Waals surface area contributed by atoms with Crippen molar-refractivity contribution in [3.8, 4) is 0 Å². The third kappa shape index (κ3) is 1.78. The zero-order chi connectivity index (χ0) is 11.8. The number of nitrogens with two attached hydrogens (primary N) is 1. The molecule has 5 heteroatoms. The molecule has 0 unspecified atom stereocenters. The number of nitrogens with one attached hydrogen (secondary N) is 1. The number of carbonyl (C=O) groups excluding carboxylic acids is 1. The highest BCUT2D eigenvalue weighted by atomic mass is 16.2. The van der Waals surface area contributed by atoms with E-state index < -0.39 is 0 Å². The Labute approximate surface area is 98.6 Å². The predicted octanol–water partition coefficient (Wildman–Crippen LogP) is 0.736. The van der Waals surface area contributed by atoms with Gasteiger partial charge in [-0.25, -0.2) is 0 Å². The lowest BCUT2D eigenvalue weighted by Gasteiger charge is -2.15. The summed E-state index contributed by atoms with van der Waals surface area (Å²) >= 11 is 0. The summed E-state index contributed by atoms with van der Waals surface area (Å²) in [6.45, 7) is 1.40. The fourth-order valence-corrected chi connectivity index (χ4v) is 2.22. The highest BCUT2D eigenvalue weighted by molar-refractivity contribution is 5.97. The first-order valence-electron chi connectivity index (χ1n) is 5.72. The van der Waals surface area contributed by atoms with Crippen LogP contribution in [0, 0.1) is 0 Å². The Balaban J connectivity index is 1.89. The van der Waals surface area contributed by atoms with Crippen LogP contribution >= 0.6 is 0 Å². The van der Waals surface area contributed by atoms with Crippen molar-refractivity contribution in [2.75, 3.05) is 13.1 Å². The molecule has 1 aliphatic rings. The fourth-order valence-electron chi connectivity index (χ4n) is 2.22. The molecule has 0 spiro atoms. The molecule has 0 saturated carbocycles. The zero-order valence-corrected chi connectivity index (χ0v) is 9.39. The number of aromatic amines is 1. The van der Waals surface area contributed by atoms with Crippen molar-refractivity contribution in [2.45, 2.75) is 12.5 Å². The molecule has 1 amide bonds. The van der Waals surface area contributed by atoms with Gasteiger partial charge in [-0.3, -0.25) is 9.89 Å². The molecule has 2 heterocycles. The quantitative estimate of drug-likeness (QED) is 0.758. The standard InChI is InChI=1S/C12H14N4O/c13-10-3-4-16(7-10)12(17)8-1-2-9-6-14-15-11(9)5-8/h1-2,5-6,10H,3-4,7,13H2,(H,14,15)/t10-/m1/s1. The zero-order valence-electron chi connectivity index (χ0n) is 9.39. The van der Waals surface area contributed by atoms with E-state index in [1.807, 2.05) is 23.1 Å². The largest absolute Gasteiger partial charge is 0.337 e. The molecule has 3 N–H and O–H groups in total. The van der Waals surface area contributed by atoms with Crippen LogP contribution in [-0.4, -0.2) is 40.1 Å². The van der Waals surface area contributed by atoms with Gasteiger partial charge in [-0.05, 0) is 18.6 Å². The Hall–Kier alpha value is -1.88. The maximum absolute atomic E-state index is 12.2. The van der Waals surface area contributed by atoms with Gasteiger partial charge in [-0.15, -0.1) is 0 Å². The Kier molecular flexibility index (Phi) is 2.33. The van der Waals surface area contributed by atoms with E-state index in [0.717, 1.165) is 23.9 Å². The number of likely N-dealkylation sites (tertiary alicyclic amines) is 1. The minimum Gasteiger partial charge on any atom is -0.337 e. The summed E-state index contributed by atoms with van der Waals surface area (Å²) < 4.78 is 0. The average molecular weight is 230 g/mol. The number of rotatable bonds is 1. The van der Waals surface area contributed by atoms with Gasteiger partial charge in [0.25, 0.3) is 5.91 Å². The van der Waals surface area contributed by atoms with Crippen LogP contribution in [0.5, 0.6) is 0 Å². The van der Waals surface area contributed by atoms with Gasteiger partial charge in [0.1, 0.15) is 0 Å². The Bertz CT molecular complexity index is 562. The summed E-state index contributed by atoms with van der Waals surface area (Å²) in [5, 5.41) is 7.82. The summed E-state index contributed by atoms with van der Waals surface area (Å²) in [6.07, 6.45) is 2.63. The number of benzene rings is 1. The normalized spacial score (nSPS) is 20.1. The van der Waals surface area contributed by atoms with E-state index in [1.54, 1.807) is 6.20 Å². The number of hydrogen-bond acceptors (Lipinski definition) is 3. The lowest BCUT2D eigenvalue weighted by Crippen LogP contribution is -2.31. The molecule has 1 atom stereocenters. The maximum atomic E-state index is 12.2. The maximum Gasteiger partial charge on any atom is 0.253 e. The first kappa shape index (κ1) is 10.3. The molecule has 5 nitrogen and oxygen atoms in total. The van der Waals surface area contributed by atoms with Crippen molar-refractivity contribution in [1.82, 2.24) is 15.1 Å². The van der Waals surface area contributed by atoms with Crippen molar-refractivity contribution in [1.29, 1.82) is 0 Å². The summed E-state index contributed by atoms with van der Waals surface area (Å²) in [6, 6.07) is 5.70. The van der Waals surface area contributed by atoms with Crippen molar-refractivity contribution in [3.63, 3.8) is 0 Å². The second-order valence-corrected chi connectivity index (χ2v) is 4.47. The molecule has 0 bridgehead atoms. The van der Waals surface area contributed by atoms with Crippen LogP contribution in [0.2, 0.25) is 0 Å². The highest BCUT2D eigenvalue weighted by Crippen LogP contribution is 2.16. The molecular weight excluding hydrogens is 216 g/mol. The van der Waals surface area contributed by atoms with Gasteiger partial charge in [0.15, 0.2) is 0 Å².